The van der Waals surface area contributed by atoms with Crippen LogP contribution in [0.3, 0.4) is 0 Å². The minimum atomic E-state index is -0.294. The average molecular weight is 416 g/mol. The lowest BCUT2D eigenvalue weighted by Gasteiger charge is -2.22. The molecule has 2 heterocycles. The van der Waals surface area contributed by atoms with E-state index in [0.29, 0.717) is 41.9 Å². The molecule has 7 nitrogen and oxygen atoms in total. The van der Waals surface area contributed by atoms with Gasteiger partial charge in [0.2, 0.25) is 11.7 Å². The van der Waals surface area contributed by atoms with Gasteiger partial charge in [0.15, 0.2) is 5.16 Å². The van der Waals surface area contributed by atoms with Crippen LogP contribution in [0.4, 0.5) is 0 Å². The number of amides is 1. The first-order chi connectivity index (χ1) is 13.9. The summed E-state index contributed by atoms with van der Waals surface area (Å²) in [6.07, 6.45) is 0.875. The molecule has 29 heavy (non-hydrogen) atoms. The maximum absolute atomic E-state index is 13.1. The molecule has 0 saturated heterocycles. The van der Waals surface area contributed by atoms with Crippen molar-refractivity contribution in [3.63, 3.8) is 0 Å². The fourth-order valence-corrected chi connectivity index (χ4v) is 4.34. The van der Waals surface area contributed by atoms with Gasteiger partial charge in [-0.3, -0.25) is 18.6 Å². The van der Waals surface area contributed by atoms with E-state index in [1.54, 1.807) is 4.57 Å². The van der Waals surface area contributed by atoms with Crippen LogP contribution in [0.1, 0.15) is 41.0 Å². The highest BCUT2D eigenvalue weighted by Gasteiger charge is 2.23. The summed E-state index contributed by atoms with van der Waals surface area (Å²) in [5.74, 6) is 1.07. The van der Waals surface area contributed by atoms with Crippen LogP contribution in [-0.2, 0) is 11.3 Å². The van der Waals surface area contributed by atoms with Crippen LogP contribution in [0.2, 0.25) is 0 Å². The van der Waals surface area contributed by atoms with Gasteiger partial charge in [0.05, 0.1) is 16.2 Å². The third-order valence-corrected chi connectivity index (χ3v) is 6.14. The van der Waals surface area contributed by atoms with Gasteiger partial charge in [0.25, 0.3) is 5.56 Å². The highest BCUT2D eigenvalue weighted by molar-refractivity contribution is 8.00. The number of carbonyl (C=O) groups is 1. The standard InChI is InChI=1S/C21H29N5O2S/c1-6-24(7-2)18(27)15(5)29-21-23-22-20-25(13-12-14(3)4)19(28)16-10-8-9-11-17(16)26(20)21/h8-11,14-15H,6-7,12-13H2,1-5H3. The molecular formula is C21H29N5O2S. The highest BCUT2D eigenvalue weighted by atomic mass is 32.2. The number of rotatable bonds is 8. The molecule has 1 amide bonds. The first-order valence-electron chi connectivity index (χ1n) is 10.2. The molecule has 0 fully saturated rings. The number of carbonyl (C=O) groups excluding carboxylic acids is 1. The number of thioether (sulfide) groups is 1. The van der Waals surface area contributed by atoms with Crippen molar-refractivity contribution < 1.29 is 4.79 Å². The summed E-state index contributed by atoms with van der Waals surface area (Å²) in [6, 6.07) is 7.51. The summed E-state index contributed by atoms with van der Waals surface area (Å²) in [4.78, 5) is 27.6. The number of fused-ring (bicyclic) bond motifs is 3. The van der Waals surface area contributed by atoms with Crippen LogP contribution in [0, 0.1) is 5.92 Å². The van der Waals surface area contributed by atoms with Crippen LogP contribution >= 0.6 is 11.8 Å². The zero-order valence-electron chi connectivity index (χ0n) is 17.8. The Morgan fingerprint density at radius 1 is 1.14 bits per heavy atom. The lowest BCUT2D eigenvalue weighted by molar-refractivity contribution is -0.129. The van der Waals surface area contributed by atoms with Gasteiger partial charge < -0.3 is 4.90 Å². The molecule has 156 valence electrons. The van der Waals surface area contributed by atoms with E-state index in [1.807, 2.05) is 54.3 Å². The summed E-state index contributed by atoms with van der Waals surface area (Å²) in [5, 5.41) is 9.65. The molecule has 0 spiro atoms. The lowest BCUT2D eigenvalue weighted by atomic mass is 10.1. The largest absolute Gasteiger partial charge is 0.342 e. The third-order valence-electron chi connectivity index (χ3n) is 5.11. The molecule has 2 aromatic heterocycles. The molecule has 1 atom stereocenters. The van der Waals surface area contributed by atoms with Crippen LogP contribution in [0.15, 0.2) is 34.2 Å². The summed E-state index contributed by atoms with van der Waals surface area (Å²) in [5.41, 5.74) is 0.716. The Balaban J connectivity index is 2.11. The van der Waals surface area contributed by atoms with Crippen LogP contribution in [0.25, 0.3) is 16.7 Å². The van der Waals surface area contributed by atoms with Crippen molar-refractivity contribution in [2.24, 2.45) is 5.92 Å². The first kappa shape index (κ1) is 21.4. The fraction of sp³-hybridized carbons (Fsp3) is 0.524. The molecule has 1 unspecified atom stereocenters. The zero-order valence-corrected chi connectivity index (χ0v) is 18.6. The van der Waals surface area contributed by atoms with Crippen molar-refractivity contribution in [2.45, 2.75) is 58.0 Å². The first-order valence-corrected chi connectivity index (χ1v) is 11.1. The second-order valence-corrected chi connectivity index (χ2v) is 8.85. The van der Waals surface area contributed by atoms with Crippen molar-refractivity contribution in [1.82, 2.24) is 24.1 Å². The number of aromatic nitrogens is 4. The second-order valence-electron chi connectivity index (χ2n) is 7.55. The lowest BCUT2D eigenvalue weighted by Crippen LogP contribution is -2.36. The Kier molecular flexibility index (Phi) is 6.62. The highest BCUT2D eigenvalue weighted by Crippen LogP contribution is 2.26. The van der Waals surface area contributed by atoms with E-state index in [2.05, 4.69) is 24.0 Å². The maximum Gasteiger partial charge on any atom is 0.262 e. The molecule has 1 aromatic carbocycles. The molecule has 0 aliphatic rings. The second kappa shape index (κ2) is 8.98. The van der Waals surface area contributed by atoms with Crippen LogP contribution < -0.4 is 5.56 Å². The quantitative estimate of drug-likeness (QED) is 0.527. The normalized spacial score (nSPS) is 12.8. The molecule has 0 N–H and O–H groups in total. The summed E-state index contributed by atoms with van der Waals surface area (Å²) < 4.78 is 3.62. The van der Waals surface area contributed by atoms with Gasteiger partial charge in [-0.25, -0.2) is 0 Å². The number of benzene rings is 1. The van der Waals surface area contributed by atoms with Crippen LogP contribution in [-0.4, -0.2) is 48.3 Å². The Bertz CT molecular complexity index is 1070. The van der Waals surface area contributed by atoms with Crippen molar-refractivity contribution in [2.75, 3.05) is 13.1 Å². The summed E-state index contributed by atoms with van der Waals surface area (Å²) >= 11 is 1.38. The molecule has 0 aliphatic heterocycles. The number of nitrogens with zero attached hydrogens (tertiary/aromatic N) is 5. The molecule has 0 saturated carbocycles. The Morgan fingerprint density at radius 3 is 2.48 bits per heavy atom. The topological polar surface area (TPSA) is 72.5 Å². The number of hydrogen-bond acceptors (Lipinski definition) is 5. The Labute approximate surface area is 175 Å². The maximum atomic E-state index is 13.1. The molecule has 0 bridgehead atoms. The Morgan fingerprint density at radius 2 is 1.83 bits per heavy atom. The summed E-state index contributed by atoms with van der Waals surface area (Å²) in [7, 11) is 0. The minimum absolute atomic E-state index is 0.0510. The monoisotopic (exact) mass is 415 g/mol. The van der Waals surface area contributed by atoms with Crippen molar-refractivity contribution in [1.29, 1.82) is 0 Å². The van der Waals surface area contributed by atoms with Gasteiger partial charge >= 0.3 is 0 Å². The Hall–Kier alpha value is -2.35. The predicted octanol–water partition coefficient (Wildman–Crippen LogP) is 3.44. The predicted molar refractivity (Wildman–Crippen MR) is 117 cm³/mol. The van der Waals surface area contributed by atoms with Gasteiger partial charge in [-0.15, -0.1) is 10.2 Å². The molecule has 3 rings (SSSR count). The number of aryl methyl sites for hydroxylation is 1. The molecular weight excluding hydrogens is 386 g/mol. The van der Waals surface area contributed by atoms with Gasteiger partial charge in [0.1, 0.15) is 0 Å². The molecule has 0 aliphatic carbocycles. The average Bonchev–Trinajstić information content (AvgIpc) is 3.12. The SMILES string of the molecule is CCN(CC)C(=O)C(C)Sc1nnc2n(CCC(C)C)c(=O)c3ccccc3n12. The van der Waals surface area contributed by atoms with Crippen molar-refractivity contribution in [3.05, 3.63) is 34.6 Å². The van der Waals surface area contributed by atoms with E-state index in [9.17, 15) is 9.59 Å². The molecule has 0 radical (unpaired) electrons. The van der Waals surface area contributed by atoms with E-state index < -0.39 is 0 Å². The molecule has 3 aromatic rings. The smallest absolute Gasteiger partial charge is 0.262 e. The van der Waals surface area contributed by atoms with Crippen LogP contribution in [0.5, 0.6) is 0 Å². The van der Waals surface area contributed by atoms with Gasteiger partial charge in [-0.1, -0.05) is 37.7 Å². The van der Waals surface area contributed by atoms with E-state index in [4.69, 9.17) is 0 Å². The van der Waals surface area contributed by atoms with E-state index in [1.165, 1.54) is 11.8 Å². The number of hydrogen-bond donors (Lipinski definition) is 0. The van der Waals surface area contributed by atoms with E-state index in [-0.39, 0.29) is 16.7 Å². The molecule has 8 heteroatoms. The van der Waals surface area contributed by atoms with E-state index >= 15 is 0 Å². The van der Waals surface area contributed by atoms with Gasteiger partial charge in [0, 0.05) is 19.6 Å². The number of para-hydroxylation sites is 1. The van der Waals surface area contributed by atoms with Crippen molar-refractivity contribution >= 4 is 34.3 Å². The van der Waals surface area contributed by atoms with Gasteiger partial charge in [-0.05, 0) is 45.2 Å². The third kappa shape index (κ3) is 4.17. The van der Waals surface area contributed by atoms with Gasteiger partial charge in [-0.2, -0.15) is 0 Å². The van der Waals surface area contributed by atoms with E-state index in [0.717, 1.165) is 11.9 Å². The summed E-state index contributed by atoms with van der Waals surface area (Å²) in [6.45, 7) is 12.1. The van der Waals surface area contributed by atoms with Crippen molar-refractivity contribution in [3.8, 4) is 0 Å². The minimum Gasteiger partial charge on any atom is -0.342 e. The zero-order chi connectivity index (χ0) is 21.1. The fourth-order valence-electron chi connectivity index (χ4n) is 3.40.